The number of pyridine rings is 1. The summed E-state index contributed by atoms with van der Waals surface area (Å²) in [6, 6.07) is 19.8. The SMILES string of the molecule is CC#CC(CC(=O)O)c1ccc(OCc2ccn3cc(-c4cccc(C)c4)nc3c2)cc1. The molecule has 0 spiro atoms. The van der Waals surface area contributed by atoms with Crippen LogP contribution in [0.1, 0.15) is 36.0 Å². The van der Waals surface area contributed by atoms with Gasteiger partial charge in [0, 0.05) is 18.0 Å². The fraction of sp³-hybridized carbons (Fsp3) is 0.185. The van der Waals surface area contributed by atoms with Crippen molar-refractivity contribution in [2.24, 2.45) is 0 Å². The first-order valence-corrected chi connectivity index (χ1v) is 10.4. The van der Waals surface area contributed by atoms with E-state index in [0.717, 1.165) is 33.8 Å². The molecule has 160 valence electrons. The maximum Gasteiger partial charge on any atom is 0.304 e. The fourth-order valence-corrected chi connectivity index (χ4v) is 3.62. The zero-order valence-corrected chi connectivity index (χ0v) is 18.1. The average molecular weight is 425 g/mol. The standard InChI is InChI=1S/C27H24N2O3/c1-3-5-22(16-27(30)31)21-8-10-24(11-9-21)32-18-20-12-13-29-17-25(28-26(29)15-20)23-7-4-6-19(2)14-23/h4,6-15,17,22H,16,18H2,1-2H3,(H,30,31). The molecule has 0 saturated carbocycles. The van der Waals surface area contributed by atoms with Crippen LogP contribution in [0.3, 0.4) is 0 Å². The Balaban J connectivity index is 1.45. The molecule has 0 bridgehead atoms. The third-order valence-corrected chi connectivity index (χ3v) is 5.22. The molecule has 0 fully saturated rings. The summed E-state index contributed by atoms with van der Waals surface area (Å²) in [7, 11) is 0. The van der Waals surface area contributed by atoms with E-state index in [1.165, 1.54) is 5.56 Å². The van der Waals surface area contributed by atoms with Crippen LogP contribution in [0.4, 0.5) is 0 Å². The van der Waals surface area contributed by atoms with Gasteiger partial charge < -0.3 is 14.2 Å². The molecule has 0 aliphatic rings. The summed E-state index contributed by atoms with van der Waals surface area (Å²) in [6.07, 6.45) is 4.00. The Morgan fingerprint density at radius 2 is 1.97 bits per heavy atom. The zero-order chi connectivity index (χ0) is 22.5. The van der Waals surface area contributed by atoms with Gasteiger partial charge in [0.05, 0.1) is 18.0 Å². The van der Waals surface area contributed by atoms with Gasteiger partial charge in [0.2, 0.25) is 0 Å². The molecule has 1 N–H and O–H groups in total. The highest BCUT2D eigenvalue weighted by atomic mass is 16.5. The Kier molecular flexibility index (Phi) is 6.23. The number of ether oxygens (including phenoxy) is 1. The molecule has 0 saturated heterocycles. The van der Waals surface area contributed by atoms with Crippen LogP contribution in [0.2, 0.25) is 0 Å². The number of hydrogen-bond acceptors (Lipinski definition) is 3. The smallest absolute Gasteiger partial charge is 0.304 e. The second-order valence-electron chi connectivity index (χ2n) is 7.70. The first kappa shape index (κ1) is 21.2. The summed E-state index contributed by atoms with van der Waals surface area (Å²) in [5, 5.41) is 9.09. The van der Waals surface area contributed by atoms with Crippen LogP contribution < -0.4 is 4.74 Å². The number of hydrogen-bond donors (Lipinski definition) is 1. The molecule has 0 aliphatic heterocycles. The summed E-state index contributed by atoms with van der Waals surface area (Å²) < 4.78 is 7.94. The minimum atomic E-state index is -0.863. The highest BCUT2D eigenvalue weighted by Gasteiger charge is 2.13. The average Bonchev–Trinajstić information content (AvgIpc) is 3.21. The molecular weight excluding hydrogens is 400 g/mol. The van der Waals surface area contributed by atoms with Crippen LogP contribution >= 0.6 is 0 Å². The fourth-order valence-electron chi connectivity index (χ4n) is 3.62. The third kappa shape index (κ3) is 4.98. The lowest BCUT2D eigenvalue weighted by atomic mass is 9.96. The van der Waals surface area contributed by atoms with Gasteiger partial charge in [-0.25, -0.2) is 4.98 Å². The number of carboxylic acid groups (broad SMARTS) is 1. The van der Waals surface area contributed by atoms with Gasteiger partial charge in [0.1, 0.15) is 18.0 Å². The van der Waals surface area contributed by atoms with Gasteiger partial charge >= 0.3 is 5.97 Å². The second-order valence-corrected chi connectivity index (χ2v) is 7.70. The Hall–Kier alpha value is -4.04. The molecule has 2 aromatic carbocycles. The number of carbonyl (C=O) groups is 1. The molecule has 2 heterocycles. The van der Waals surface area contributed by atoms with Crippen LogP contribution in [0.25, 0.3) is 16.9 Å². The molecule has 5 nitrogen and oxygen atoms in total. The lowest BCUT2D eigenvalue weighted by Gasteiger charge is -2.11. The summed E-state index contributed by atoms with van der Waals surface area (Å²) in [5.74, 6) is 5.30. The highest BCUT2D eigenvalue weighted by molar-refractivity contribution is 5.69. The maximum atomic E-state index is 11.1. The molecule has 1 unspecified atom stereocenters. The summed E-state index contributed by atoms with van der Waals surface area (Å²) in [4.78, 5) is 15.8. The molecule has 4 aromatic rings. The van der Waals surface area contributed by atoms with Gasteiger partial charge in [-0.1, -0.05) is 41.8 Å². The van der Waals surface area contributed by atoms with Crippen molar-refractivity contribution in [1.82, 2.24) is 9.38 Å². The molecule has 0 aliphatic carbocycles. The number of benzene rings is 2. The van der Waals surface area contributed by atoms with Crippen LogP contribution in [-0.2, 0) is 11.4 Å². The first-order chi connectivity index (χ1) is 15.5. The molecule has 4 rings (SSSR count). The van der Waals surface area contributed by atoms with E-state index >= 15 is 0 Å². The van der Waals surface area contributed by atoms with Crippen LogP contribution in [0.5, 0.6) is 5.75 Å². The number of nitrogens with zero attached hydrogens (tertiary/aromatic N) is 2. The van der Waals surface area contributed by atoms with Crippen molar-refractivity contribution in [3.05, 3.63) is 89.7 Å². The van der Waals surface area contributed by atoms with Crippen molar-refractivity contribution in [3.63, 3.8) is 0 Å². The Morgan fingerprint density at radius 1 is 1.16 bits per heavy atom. The van der Waals surface area contributed by atoms with Crippen molar-refractivity contribution in [3.8, 4) is 28.8 Å². The van der Waals surface area contributed by atoms with Crippen molar-refractivity contribution in [2.45, 2.75) is 32.8 Å². The van der Waals surface area contributed by atoms with Crippen molar-refractivity contribution in [2.75, 3.05) is 0 Å². The second kappa shape index (κ2) is 9.40. The van der Waals surface area contributed by atoms with E-state index in [2.05, 4.69) is 37.0 Å². The van der Waals surface area contributed by atoms with E-state index in [4.69, 9.17) is 14.8 Å². The topological polar surface area (TPSA) is 63.8 Å². The van der Waals surface area contributed by atoms with Crippen LogP contribution in [-0.4, -0.2) is 20.5 Å². The van der Waals surface area contributed by atoms with E-state index in [1.807, 2.05) is 59.3 Å². The van der Waals surface area contributed by atoms with Gasteiger partial charge in [-0.15, -0.1) is 5.92 Å². The molecule has 5 heteroatoms. The Morgan fingerprint density at radius 3 is 2.69 bits per heavy atom. The van der Waals surface area contributed by atoms with E-state index in [9.17, 15) is 4.79 Å². The predicted molar refractivity (Wildman–Crippen MR) is 125 cm³/mol. The lowest BCUT2D eigenvalue weighted by Crippen LogP contribution is -2.04. The maximum absolute atomic E-state index is 11.1. The van der Waals surface area contributed by atoms with E-state index in [1.54, 1.807) is 6.92 Å². The molecule has 1 atom stereocenters. The highest BCUT2D eigenvalue weighted by Crippen LogP contribution is 2.24. The molecule has 0 amide bonds. The van der Waals surface area contributed by atoms with Crippen LogP contribution in [0.15, 0.2) is 73.1 Å². The summed E-state index contributed by atoms with van der Waals surface area (Å²) in [6.45, 7) is 4.20. The largest absolute Gasteiger partial charge is 0.489 e. The quantitative estimate of drug-likeness (QED) is 0.400. The van der Waals surface area contributed by atoms with Gasteiger partial charge in [-0.2, -0.15) is 0 Å². The summed E-state index contributed by atoms with van der Waals surface area (Å²) >= 11 is 0. The third-order valence-electron chi connectivity index (χ3n) is 5.22. The molecular formula is C27H24N2O3. The Bertz CT molecular complexity index is 1310. The number of fused-ring (bicyclic) bond motifs is 1. The molecule has 2 aromatic heterocycles. The Labute approximate surface area is 187 Å². The van der Waals surface area contributed by atoms with Gasteiger partial charge in [0.25, 0.3) is 0 Å². The number of aliphatic carboxylic acids is 1. The van der Waals surface area contributed by atoms with E-state index in [-0.39, 0.29) is 12.3 Å². The monoisotopic (exact) mass is 424 g/mol. The van der Waals surface area contributed by atoms with Crippen LogP contribution in [0, 0.1) is 18.8 Å². The minimum absolute atomic E-state index is 0.0179. The lowest BCUT2D eigenvalue weighted by molar-refractivity contribution is -0.137. The number of aryl methyl sites for hydroxylation is 1. The van der Waals surface area contributed by atoms with Crippen molar-refractivity contribution in [1.29, 1.82) is 0 Å². The zero-order valence-electron chi connectivity index (χ0n) is 18.1. The number of carboxylic acids is 1. The van der Waals surface area contributed by atoms with Crippen molar-refractivity contribution >= 4 is 11.6 Å². The van der Waals surface area contributed by atoms with E-state index < -0.39 is 5.97 Å². The molecule has 32 heavy (non-hydrogen) atoms. The van der Waals surface area contributed by atoms with Gasteiger partial charge in [0.15, 0.2) is 0 Å². The van der Waals surface area contributed by atoms with Crippen molar-refractivity contribution < 1.29 is 14.6 Å². The molecule has 0 radical (unpaired) electrons. The predicted octanol–water partition coefficient (Wildman–Crippen LogP) is 5.47. The number of imidazole rings is 1. The number of rotatable bonds is 7. The number of aromatic nitrogens is 2. The van der Waals surface area contributed by atoms with Gasteiger partial charge in [-0.3, -0.25) is 4.79 Å². The van der Waals surface area contributed by atoms with Gasteiger partial charge in [-0.05, 0) is 55.3 Å². The summed E-state index contributed by atoms with van der Waals surface area (Å²) in [5.41, 5.74) is 6.00. The minimum Gasteiger partial charge on any atom is -0.489 e. The van der Waals surface area contributed by atoms with E-state index in [0.29, 0.717) is 6.61 Å². The first-order valence-electron chi connectivity index (χ1n) is 10.4. The normalized spacial score (nSPS) is 11.6.